The van der Waals surface area contributed by atoms with Crippen molar-refractivity contribution in [3.8, 4) is 5.75 Å². The van der Waals surface area contributed by atoms with Crippen molar-refractivity contribution in [1.29, 1.82) is 0 Å². The van der Waals surface area contributed by atoms with E-state index in [0.29, 0.717) is 17.0 Å². The maximum atomic E-state index is 11.8. The summed E-state index contributed by atoms with van der Waals surface area (Å²) in [7, 11) is 0. The number of nitrogens with one attached hydrogen (secondary N) is 1. The minimum absolute atomic E-state index is 0.189. The van der Waals surface area contributed by atoms with Crippen molar-refractivity contribution < 1.29 is 14.3 Å². The number of aryl methyl sites for hydroxylation is 1. The van der Waals surface area contributed by atoms with Gasteiger partial charge in [-0.1, -0.05) is 0 Å². The molecule has 1 amide bonds. The third-order valence-corrected chi connectivity index (χ3v) is 2.71. The van der Waals surface area contributed by atoms with Crippen molar-refractivity contribution >= 4 is 11.6 Å². The van der Waals surface area contributed by atoms with Crippen LogP contribution in [0.15, 0.2) is 46.1 Å². The Kier molecular flexibility index (Phi) is 3.66. The highest BCUT2D eigenvalue weighted by atomic mass is 16.3. The van der Waals surface area contributed by atoms with Gasteiger partial charge >= 0.3 is 0 Å². The molecule has 0 spiro atoms. The van der Waals surface area contributed by atoms with Crippen LogP contribution in [0.25, 0.3) is 0 Å². The van der Waals surface area contributed by atoms with E-state index in [9.17, 15) is 9.90 Å². The Morgan fingerprint density at radius 2 is 1.95 bits per heavy atom. The van der Waals surface area contributed by atoms with Gasteiger partial charge in [0, 0.05) is 0 Å². The Hall–Kier alpha value is -2.56. The zero-order valence-electron chi connectivity index (χ0n) is 10.7. The van der Waals surface area contributed by atoms with Gasteiger partial charge in [-0.2, -0.15) is 5.10 Å². The van der Waals surface area contributed by atoms with Gasteiger partial charge < -0.3 is 9.52 Å². The van der Waals surface area contributed by atoms with Crippen LogP contribution < -0.4 is 5.43 Å². The van der Waals surface area contributed by atoms with Crippen LogP contribution in [0.5, 0.6) is 5.75 Å². The van der Waals surface area contributed by atoms with Gasteiger partial charge in [-0.05, 0) is 49.7 Å². The molecule has 0 fully saturated rings. The lowest BCUT2D eigenvalue weighted by atomic mass is 10.1. The number of furan rings is 1. The van der Waals surface area contributed by atoms with E-state index < -0.39 is 0 Å². The molecule has 2 N–H and O–H groups in total. The van der Waals surface area contributed by atoms with Crippen LogP contribution in [0.3, 0.4) is 0 Å². The maximum Gasteiger partial charge on any atom is 0.274 e. The second-order valence-corrected chi connectivity index (χ2v) is 4.08. The number of carbonyl (C=O) groups is 1. The van der Waals surface area contributed by atoms with Crippen molar-refractivity contribution in [3.05, 3.63) is 53.5 Å². The van der Waals surface area contributed by atoms with Crippen LogP contribution in [-0.4, -0.2) is 16.7 Å². The standard InChI is InChI=1S/C14H14N2O3/c1-9(11-3-5-12(17)6-4-11)15-16-14(18)13-7-8-19-10(13)2/h3-8,17H,1-2H3,(H,16,18). The quantitative estimate of drug-likeness (QED) is 0.656. The number of rotatable bonds is 3. The average molecular weight is 258 g/mol. The van der Waals surface area contributed by atoms with E-state index in [1.165, 1.54) is 6.26 Å². The first-order chi connectivity index (χ1) is 9.08. The number of benzene rings is 1. The van der Waals surface area contributed by atoms with Crippen molar-refractivity contribution in [2.45, 2.75) is 13.8 Å². The number of hydrogen-bond acceptors (Lipinski definition) is 4. The Bertz CT molecular complexity index is 612. The SMILES string of the molecule is CC(=NNC(=O)c1ccoc1C)c1ccc(O)cc1. The number of amides is 1. The summed E-state index contributed by atoms with van der Waals surface area (Å²) in [6.45, 7) is 3.49. The molecule has 0 saturated heterocycles. The van der Waals surface area contributed by atoms with Gasteiger partial charge in [-0.3, -0.25) is 4.79 Å². The van der Waals surface area contributed by atoms with Gasteiger partial charge in [0.2, 0.25) is 0 Å². The summed E-state index contributed by atoms with van der Waals surface area (Å²) in [4.78, 5) is 11.8. The van der Waals surface area contributed by atoms with Gasteiger partial charge in [0.25, 0.3) is 5.91 Å². The average Bonchev–Trinajstić information content (AvgIpc) is 2.83. The van der Waals surface area contributed by atoms with E-state index in [-0.39, 0.29) is 11.7 Å². The van der Waals surface area contributed by atoms with Crippen LogP contribution in [0.4, 0.5) is 0 Å². The monoisotopic (exact) mass is 258 g/mol. The molecule has 98 valence electrons. The van der Waals surface area contributed by atoms with E-state index in [4.69, 9.17) is 4.42 Å². The van der Waals surface area contributed by atoms with Crippen molar-refractivity contribution in [2.24, 2.45) is 5.10 Å². The van der Waals surface area contributed by atoms with E-state index in [2.05, 4.69) is 10.5 Å². The lowest BCUT2D eigenvalue weighted by Gasteiger charge is -2.02. The number of phenolic OH excluding ortho intramolecular Hbond substituents is 1. The molecule has 2 rings (SSSR count). The molecule has 0 radical (unpaired) electrons. The smallest absolute Gasteiger partial charge is 0.274 e. The first-order valence-corrected chi connectivity index (χ1v) is 5.76. The normalized spacial score (nSPS) is 11.4. The number of phenols is 1. The molecule has 5 heteroatoms. The first kappa shape index (κ1) is 12.9. The summed E-state index contributed by atoms with van der Waals surface area (Å²) in [5.41, 5.74) is 4.39. The minimum Gasteiger partial charge on any atom is -0.508 e. The molecule has 0 saturated carbocycles. The molecule has 2 aromatic rings. The molecule has 1 aromatic carbocycles. The first-order valence-electron chi connectivity index (χ1n) is 5.76. The summed E-state index contributed by atoms with van der Waals surface area (Å²) in [6.07, 6.45) is 1.46. The van der Waals surface area contributed by atoms with Crippen molar-refractivity contribution in [2.75, 3.05) is 0 Å². The van der Waals surface area contributed by atoms with Crippen LogP contribution in [0.1, 0.15) is 28.6 Å². The predicted octanol–water partition coefficient (Wildman–Crippen LogP) is 2.45. The largest absolute Gasteiger partial charge is 0.508 e. The Morgan fingerprint density at radius 1 is 1.26 bits per heavy atom. The summed E-state index contributed by atoms with van der Waals surface area (Å²) >= 11 is 0. The lowest BCUT2D eigenvalue weighted by Crippen LogP contribution is -2.19. The second kappa shape index (κ2) is 5.39. The Balaban J connectivity index is 2.08. The number of nitrogens with zero attached hydrogens (tertiary/aromatic N) is 1. The molecule has 1 heterocycles. The summed E-state index contributed by atoms with van der Waals surface area (Å²) < 4.78 is 5.05. The third-order valence-electron chi connectivity index (χ3n) is 2.71. The van der Waals surface area contributed by atoms with Gasteiger partial charge in [-0.25, -0.2) is 5.43 Å². The van der Waals surface area contributed by atoms with Crippen LogP contribution in [-0.2, 0) is 0 Å². The molecule has 19 heavy (non-hydrogen) atoms. The lowest BCUT2D eigenvalue weighted by molar-refractivity contribution is 0.0953. The molecule has 5 nitrogen and oxygen atoms in total. The molecule has 0 unspecified atom stereocenters. The Morgan fingerprint density at radius 3 is 2.53 bits per heavy atom. The highest BCUT2D eigenvalue weighted by molar-refractivity contribution is 6.01. The summed E-state index contributed by atoms with van der Waals surface area (Å²) in [5.74, 6) is 0.425. The van der Waals surface area contributed by atoms with E-state index in [1.807, 2.05) is 0 Å². The predicted molar refractivity (Wildman–Crippen MR) is 71.2 cm³/mol. The van der Waals surface area contributed by atoms with E-state index >= 15 is 0 Å². The molecule has 0 aliphatic heterocycles. The zero-order valence-corrected chi connectivity index (χ0v) is 10.7. The molecule has 1 aromatic heterocycles. The number of carbonyl (C=O) groups excluding carboxylic acids is 1. The fraction of sp³-hybridized carbons (Fsp3) is 0.143. The second-order valence-electron chi connectivity index (χ2n) is 4.08. The van der Waals surface area contributed by atoms with Gasteiger partial charge in [0.15, 0.2) is 0 Å². The molecule has 0 aliphatic carbocycles. The van der Waals surface area contributed by atoms with Gasteiger partial charge in [0.1, 0.15) is 11.5 Å². The molecule has 0 atom stereocenters. The summed E-state index contributed by atoms with van der Waals surface area (Å²) in [6, 6.07) is 8.18. The van der Waals surface area contributed by atoms with E-state index in [0.717, 1.165) is 5.56 Å². The molecular weight excluding hydrogens is 244 g/mol. The molecule has 0 bridgehead atoms. The third kappa shape index (κ3) is 3.01. The van der Waals surface area contributed by atoms with Crippen molar-refractivity contribution in [3.63, 3.8) is 0 Å². The maximum absolute atomic E-state index is 11.8. The van der Waals surface area contributed by atoms with Crippen molar-refractivity contribution in [1.82, 2.24) is 5.43 Å². The summed E-state index contributed by atoms with van der Waals surface area (Å²) in [5, 5.41) is 13.2. The highest BCUT2D eigenvalue weighted by Gasteiger charge is 2.10. The molecular formula is C14H14N2O3. The van der Waals surface area contributed by atoms with Crippen LogP contribution in [0, 0.1) is 6.92 Å². The van der Waals surface area contributed by atoms with Crippen LogP contribution in [0.2, 0.25) is 0 Å². The fourth-order valence-corrected chi connectivity index (χ4v) is 1.58. The number of hydrazone groups is 1. The molecule has 0 aliphatic rings. The topological polar surface area (TPSA) is 74.8 Å². The zero-order chi connectivity index (χ0) is 13.8. The number of aromatic hydroxyl groups is 1. The fourth-order valence-electron chi connectivity index (χ4n) is 1.58. The van der Waals surface area contributed by atoms with E-state index in [1.54, 1.807) is 44.2 Å². The van der Waals surface area contributed by atoms with Gasteiger partial charge in [0.05, 0.1) is 17.5 Å². The number of hydrogen-bond donors (Lipinski definition) is 2. The van der Waals surface area contributed by atoms with Crippen LogP contribution >= 0.6 is 0 Å². The minimum atomic E-state index is -0.315. The Labute approximate surface area is 110 Å². The highest BCUT2D eigenvalue weighted by Crippen LogP contribution is 2.11. The van der Waals surface area contributed by atoms with Gasteiger partial charge in [-0.15, -0.1) is 0 Å².